The zero-order chi connectivity index (χ0) is 18.2. The molecule has 2 nitrogen and oxygen atoms in total. The molecule has 3 rings (SSSR count). The fourth-order valence-corrected chi connectivity index (χ4v) is 4.46. The first-order valence-corrected chi connectivity index (χ1v) is 9.73. The molecule has 1 fully saturated rings. The Balaban J connectivity index is 2.17. The van der Waals surface area contributed by atoms with Crippen molar-refractivity contribution in [3.63, 3.8) is 0 Å². The van der Waals surface area contributed by atoms with E-state index in [1.54, 1.807) is 0 Å². The highest BCUT2D eigenvalue weighted by Crippen LogP contribution is 2.45. The van der Waals surface area contributed by atoms with Crippen LogP contribution in [0.2, 0.25) is 0 Å². The van der Waals surface area contributed by atoms with Gasteiger partial charge >= 0.3 is 0 Å². The molecule has 2 atom stereocenters. The number of rotatable bonds is 4. The summed E-state index contributed by atoms with van der Waals surface area (Å²) in [5.41, 5.74) is 4.45. The van der Waals surface area contributed by atoms with Crippen LogP contribution in [0.25, 0.3) is 0 Å². The molecular formula is C21H26Cl2N2. The molecule has 1 aliphatic heterocycles. The number of hydrogen-bond donors (Lipinski definition) is 1. The number of nitrogens with zero attached hydrogens (tertiary/aromatic N) is 1. The molecule has 1 heterocycles. The molecule has 1 saturated heterocycles. The second-order valence-electron chi connectivity index (χ2n) is 7.26. The Bertz CT molecular complexity index is 744. The monoisotopic (exact) mass is 376 g/mol. The van der Waals surface area contributed by atoms with Crippen molar-refractivity contribution < 1.29 is 0 Å². The van der Waals surface area contributed by atoms with Gasteiger partial charge in [-0.2, -0.15) is 0 Å². The minimum atomic E-state index is -0.849. The second-order valence-corrected chi connectivity index (χ2v) is 8.31. The van der Waals surface area contributed by atoms with Crippen LogP contribution in [0, 0.1) is 0 Å². The first-order valence-electron chi connectivity index (χ1n) is 8.92. The van der Waals surface area contributed by atoms with Gasteiger partial charge in [-0.15, -0.1) is 0 Å². The highest BCUT2D eigenvalue weighted by molar-refractivity contribution is 6.29. The predicted molar refractivity (Wildman–Crippen MR) is 109 cm³/mol. The van der Waals surface area contributed by atoms with Crippen molar-refractivity contribution >= 4 is 28.9 Å². The number of nitrogens with one attached hydrogen (secondary N) is 1. The van der Waals surface area contributed by atoms with Gasteiger partial charge in [-0.3, -0.25) is 5.32 Å². The van der Waals surface area contributed by atoms with Gasteiger partial charge in [-0.25, -0.2) is 0 Å². The molecular weight excluding hydrogens is 351 g/mol. The lowest BCUT2D eigenvalue weighted by atomic mass is 9.94. The summed E-state index contributed by atoms with van der Waals surface area (Å²) in [6.45, 7) is 9.41. The number of anilines is 1. The molecule has 25 heavy (non-hydrogen) atoms. The first-order chi connectivity index (χ1) is 11.9. The summed E-state index contributed by atoms with van der Waals surface area (Å²) >= 11 is 14.0. The second kappa shape index (κ2) is 7.19. The summed E-state index contributed by atoms with van der Waals surface area (Å²) in [4.78, 5) is 2.13. The van der Waals surface area contributed by atoms with Crippen molar-refractivity contribution in [3.8, 4) is 0 Å². The van der Waals surface area contributed by atoms with E-state index in [-0.39, 0.29) is 5.50 Å². The van der Waals surface area contributed by atoms with Crippen molar-refractivity contribution in [1.29, 1.82) is 0 Å². The highest BCUT2D eigenvalue weighted by Gasteiger charge is 2.47. The molecule has 0 radical (unpaired) electrons. The van der Waals surface area contributed by atoms with Gasteiger partial charge in [0.15, 0.2) is 5.12 Å². The Kier molecular flexibility index (Phi) is 5.34. The molecule has 1 aliphatic rings. The molecule has 0 bridgehead atoms. The van der Waals surface area contributed by atoms with Crippen molar-refractivity contribution in [2.24, 2.45) is 0 Å². The third kappa shape index (κ3) is 3.28. The van der Waals surface area contributed by atoms with Crippen molar-refractivity contribution in [2.75, 3.05) is 11.4 Å². The average molecular weight is 377 g/mol. The van der Waals surface area contributed by atoms with Crippen LogP contribution in [0.4, 0.5) is 5.69 Å². The standard InChI is InChI=1S/C21H26Cl2N2/c1-14(2)16-9-5-7-11-18(16)21(23)24-13-20(22)25(21)19-12-8-6-10-17(19)15(3)4/h5-12,14-15,20,24H,13H2,1-4H3. The lowest BCUT2D eigenvalue weighted by Gasteiger charge is -2.39. The minimum absolute atomic E-state index is 0.211. The first kappa shape index (κ1) is 18.6. The van der Waals surface area contributed by atoms with Gasteiger partial charge in [0.05, 0.1) is 0 Å². The third-order valence-electron chi connectivity index (χ3n) is 4.87. The van der Waals surface area contributed by atoms with Crippen LogP contribution in [0.3, 0.4) is 0 Å². The van der Waals surface area contributed by atoms with E-state index in [9.17, 15) is 0 Å². The Morgan fingerprint density at radius 1 is 0.960 bits per heavy atom. The van der Waals surface area contributed by atoms with E-state index in [4.69, 9.17) is 23.2 Å². The van der Waals surface area contributed by atoms with E-state index >= 15 is 0 Å². The largest absolute Gasteiger partial charge is 0.319 e. The van der Waals surface area contributed by atoms with Gasteiger partial charge < -0.3 is 4.90 Å². The topological polar surface area (TPSA) is 15.3 Å². The van der Waals surface area contributed by atoms with E-state index in [2.05, 4.69) is 80.4 Å². The molecule has 0 aromatic heterocycles. The molecule has 4 heteroatoms. The number of alkyl halides is 2. The fraction of sp³-hybridized carbons (Fsp3) is 0.429. The van der Waals surface area contributed by atoms with E-state index in [0.29, 0.717) is 18.4 Å². The van der Waals surface area contributed by atoms with Crippen LogP contribution in [-0.4, -0.2) is 12.0 Å². The maximum Gasteiger partial charge on any atom is 0.197 e. The number of hydrogen-bond acceptors (Lipinski definition) is 2. The van der Waals surface area contributed by atoms with Crippen LogP contribution in [0.5, 0.6) is 0 Å². The van der Waals surface area contributed by atoms with Crippen LogP contribution < -0.4 is 10.2 Å². The van der Waals surface area contributed by atoms with Gasteiger partial charge in [0, 0.05) is 17.8 Å². The molecule has 2 unspecified atom stereocenters. The van der Waals surface area contributed by atoms with Crippen molar-refractivity contribution in [1.82, 2.24) is 5.32 Å². The number of halogens is 2. The third-order valence-corrected chi connectivity index (χ3v) is 5.74. The summed E-state index contributed by atoms with van der Waals surface area (Å²) in [5, 5.41) is 2.62. The van der Waals surface area contributed by atoms with E-state index < -0.39 is 5.12 Å². The van der Waals surface area contributed by atoms with Gasteiger partial charge in [-0.1, -0.05) is 93.4 Å². The van der Waals surface area contributed by atoms with Crippen molar-refractivity contribution in [2.45, 2.75) is 50.2 Å². The Hall–Kier alpha value is -1.22. The van der Waals surface area contributed by atoms with E-state index in [1.165, 1.54) is 11.1 Å². The van der Waals surface area contributed by atoms with Gasteiger partial charge in [-0.05, 0) is 29.0 Å². The summed E-state index contributed by atoms with van der Waals surface area (Å²) in [6, 6.07) is 16.8. The molecule has 1 N–H and O–H groups in total. The maximum atomic E-state index is 7.25. The molecule has 0 amide bonds. The fourth-order valence-electron chi connectivity index (χ4n) is 3.63. The zero-order valence-corrected chi connectivity index (χ0v) is 16.8. The average Bonchev–Trinajstić information content (AvgIpc) is 2.90. The maximum absolute atomic E-state index is 7.25. The number of benzene rings is 2. The van der Waals surface area contributed by atoms with Gasteiger partial charge in [0.2, 0.25) is 0 Å². The SMILES string of the molecule is CC(C)c1ccccc1N1C(Cl)CNC1(Cl)c1ccccc1C(C)C. The quantitative estimate of drug-likeness (QED) is 0.523. The van der Waals surface area contributed by atoms with Crippen LogP contribution in [-0.2, 0) is 5.12 Å². The predicted octanol–water partition coefficient (Wildman–Crippen LogP) is 5.96. The smallest absolute Gasteiger partial charge is 0.197 e. The van der Waals surface area contributed by atoms with Crippen LogP contribution in [0.15, 0.2) is 48.5 Å². The van der Waals surface area contributed by atoms with Gasteiger partial charge in [0.1, 0.15) is 5.50 Å². The molecule has 134 valence electrons. The minimum Gasteiger partial charge on any atom is -0.319 e. The van der Waals surface area contributed by atoms with Crippen LogP contribution in [0.1, 0.15) is 56.2 Å². The summed E-state index contributed by atoms with van der Waals surface area (Å²) in [6.07, 6.45) is 0. The molecule has 2 aromatic carbocycles. The van der Waals surface area contributed by atoms with Crippen molar-refractivity contribution in [3.05, 3.63) is 65.2 Å². The summed E-state index contributed by atoms with van der Waals surface area (Å²) < 4.78 is 0. The van der Waals surface area contributed by atoms with Gasteiger partial charge in [0.25, 0.3) is 0 Å². The molecule has 2 aromatic rings. The molecule has 0 saturated carbocycles. The molecule has 0 spiro atoms. The zero-order valence-electron chi connectivity index (χ0n) is 15.3. The summed E-state index contributed by atoms with van der Waals surface area (Å²) in [7, 11) is 0. The van der Waals surface area contributed by atoms with E-state index in [1.807, 2.05) is 6.07 Å². The Morgan fingerprint density at radius 3 is 2.16 bits per heavy atom. The lowest BCUT2D eigenvalue weighted by molar-refractivity contribution is 0.553. The Labute approximate surface area is 161 Å². The Morgan fingerprint density at radius 2 is 1.52 bits per heavy atom. The normalized spacial score (nSPS) is 23.7. The van der Waals surface area contributed by atoms with E-state index in [0.717, 1.165) is 11.3 Å². The summed E-state index contributed by atoms with van der Waals surface area (Å²) in [5.74, 6) is 0.770. The van der Waals surface area contributed by atoms with Crippen LogP contribution >= 0.6 is 23.2 Å². The number of para-hydroxylation sites is 1. The highest BCUT2D eigenvalue weighted by atomic mass is 35.5. The lowest BCUT2D eigenvalue weighted by Crippen LogP contribution is -2.46. The molecule has 0 aliphatic carbocycles.